The Kier molecular flexibility index (Phi) is 5.65. The van der Waals surface area contributed by atoms with Crippen molar-refractivity contribution in [1.29, 1.82) is 0 Å². The minimum Gasteiger partial charge on any atom is -0.325 e. The molecule has 2 aromatic carbocycles. The lowest BCUT2D eigenvalue weighted by atomic mass is 10.1. The van der Waals surface area contributed by atoms with Crippen molar-refractivity contribution in [3.05, 3.63) is 58.7 Å². The third-order valence-corrected chi connectivity index (χ3v) is 5.73. The molecule has 0 bridgehead atoms. The zero-order valence-corrected chi connectivity index (χ0v) is 16.0. The molecule has 5 nitrogen and oxygen atoms in total. The van der Waals surface area contributed by atoms with Crippen molar-refractivity contribution < 1.29 is 13.2 Å². The average molecular weight is 360 g/mol. The molecule has 2 N–H and O–H groups in total. The summed E-state index contributed by atoms with van der Waals surface area (Å²) in [7, 11) is -3.79. The minimum absolute atomic E-state index is 0.230. The van der Waals surface area contributed by atoms with E-state index in [1.54, 1.807) is 19.9 Å². The molecule has 1 unspecified atom stereocenters. The van der Waals surface area contributed by atoms with Gasteiger partial charge in [0.2, 0.25) is 15.9 Å². The summed E-state index contributed by atoms with van der Waals surface area (Å²) in [6.07, 6.45) is 0. The highest BCUT2D eigenvalue weighted by molar-refractivity contribution is 7.89. The number of rotatable bonds is 5. The van der Waals surface area contributed by atoms with E-state index >= 15 is 0 Å². The molecule has 2 rings (SSSR count). The molecule has 1 atom stereocenters. The van der Waals surface area contributed by atoms with Gasteiger partial charge >= 0.3 is 0 Å². The first-order chi connectivity index (χ1) is 11.6. The number of benzene rings is 2. The Morgan fingerprint density at radius 1 is 0.960 bits per heavy atom. The van der Waals surface area contributed by atoms with Crippen molar-refractivity contribution in [3.8, 4) is 0 Å². The molecule has 6 heteroatoms. The number of carbonyl (C=O) groups excluding carboxylic acids is 1. The summed E-state index contributed by atoms with van der Waals surface area (Å²) in [5.74, 6) is -0.406. The summed E-state index contributed by atoms with van der Waals surface area (Å²) in [6.45, 7) is 8.88. The number of amides is 1. The zero-order chi connectivity index (χ0) is 18.8. The predicted molar refractivity (Wildman–Crippen MR) is 100 cm³/mol. The fourth-order valence-electron chi connectivity index (χ4n) is 2.91. The van der Waals surface area contributed by atoms with Crippen LogP contribution in [0.15, 0.2) is 41.3 Å². The van der Waals surface area contributed by atoms with Crippen molar-refractivity contribution >= 4 is 21.6 Å². The molecular weight excluding hydrogens is 336 g/mol. The van der Waals surface area contributed by atoms with E-state index in [4.69, 9.17) is 0 Å². The first-order valence-corrected chi connectivity index (χ1v) is 9.56. The molecule has 0 radical (unpaired) electrons. The van der Waals surface area contributed by atoms with Crippen LogP contribution in [-0.4, -0.2) is 20.4 Å². The fourth-order valence-corrected chi connectivity index (χ4v) is 4.57. The van der Waals surface area contributed by atoms with Crippen molar-refractivity contribution in [1.82, 2.24) is 4.72 Å². The molecule has 0 saturated heterocycles. The minimum atomic E-state index is -3.79. The van der Waals surface area contributed by atoms with Crippen LogP contribution in [0.4, 0.5) is 5.69 Å². The van der Waals surface area contributed by atoms with Crippen LogP contribution in [0.25, 0.3) is 0 Å². The molecule has 25 heavy (non-hydrogen) atoms. The second-order valence-corrected chi connectivity index (χ2v) is 8.08. The Bertz CT molecular complexity index is 882. The maximum absolute atomic E-state index is 12.7. The summed E-state index contributed by atoms with van der Waals surface area (Å²) >= 11 is 0. The van der Waals surface area contributed by atoms with Crippen molar-refractivity contribution in [2.75, 3.05) is 5.32 Å². The Labute approximate surface area is 149 Å². The molecule has 2 aromatic rings. The molecule has 0 spiro atoms. The van der Waals surface area contributed by atoms with Crippen LogP contribution in [0.3, 0.4) is 0 Å². The van der Waals surface area contributed by atoms with Crippen LogP contribution in [-0.2, 0) is 14.8 Å². The molecule has 0 aliphatic carbocycles. The largest absolute Gasteiger partial charge is 0.325 e. The highest BCUT2D eigenvalue weighted by Crippen LogP contribution is 2.22. The Hall–Kier alpha value is -2.18. The Morgan fingerprint density at radius 2 is 1.56 bits per heavy atom. The van der Waals surface area contributed by atoms with Gasteiger partial charge in [0.05, 0.1) is 10.9 Å². The van der Waals surface area contributed by atoms with Crippen LogP contribution in [0.1, 0.15) is 29.2 Å². The van der Waals surface area contributed by atoms with Gasteiger partial charge in [-0.3, -0.25) is 4.79 Å². The third-order valence-electron chi connectivity index (χ3n) is 3.88. The van der Waals surface area contributed by atoms with E-state index in [9.17, 15) is 13.2 Å². The molecule has 0 aliphatic heterocycles. The summed E-state index contributed by atoms with van der Waals surface area (Å²) in [5.41, 5.74) is 3.97. The summed E-state index contributed by atoms with van der Waals surface area (Å²) in [4.78, 5) is 12.5. The van der Waals surface area contributed by atoms with Gasteiger partial charge in [-0.1, -0.05) is 29.8 Å². The van der Waals surface area contributed by atoms with Gasteiger partial charge in [-0.05, 0) is 63.4 Å². The monoisotopic (exact) mass is 360 g/mol. The second-order valence-electron chi connectivity index (χ2n) is 6.43. The maximum Gasteiger partial charge on any atom is 0.242 e. The quantitative estimate of drug-likeness (QED) is 0.860. The molecule has 0 fully saturated rings. The van der Waals surface area contributed by atoms with Crippen LogP contribution in [0.2, 0.25) is 0 Å². The van der Waals surface area contributed by atoms with Gasteiger partial charge < -0.3 is 5.32 Å². The predicted octanol–water partition coefficient (Wildman–Crippen LogP) is 3.23. The van der Waals surface area contributed by atoms with E-state index in [0.29, 0.717) is 16.8 Å². The average Bonchev–Trinajstić information content (AvgIpc) is 2.44. The number of anilines is 1. The van der Waals surface area contributed by atoms with Gasteiger partial charge in [0.15, 0.2) is 0 Å². The fraction of sp³-hybridized carbons (Fsp3) is 0.316. The van der Waals surface area contributed by atoms with Gasteiger partial charge in [-0.2, -0.15) is 4.72 Å². The van der Waals surface area contributed by atoms with Gasteiger partial charge in [0.25, 0.3) is 0 Å². The number of hydrogen-bond acceptors (Lipinski definition) is 3. The lowest BCUT2D eigenvalue weighted by molar-refractivity contribution is -0.117. The lowest BCUT2D eigenvalue weighted by Crippen LogP contribution is -2.41. The number of aryl methyl sites for hydroxylation is 4. The SMILES string of the molecule is Cc1cccc(NC(=O)C(C)NS(=O)(=O)c2c(C)cc(C)cc2C)c1. The highest BCUT2D eigenvalue weighted by atomic mass is 32.2. The van der Waals surface area contributed by atoms with Crippen LogP contribution in [0.5, 0.6) is 0 Å². The second kappa shape index (κ2) is 7.37. The first-order valence-electron chi connectivity index (χ1n) is 8.08. The Morgan fingerprint density at radius 3 is 2.12 bits per heavy atom. The zero-order valence-electron chi connectivity index (χ0n) is 15.2. The van der Waals surface area contributed by atoms with Crippen LogP contribution in [0, 0.1) is 27.7 Å². The van der Waals surface area contributed by atoms with E-state index in [-0.39, 0.29) is 4.90 Å². The first kappa shape index (κ1) is 19.1. The normalized spacial score (nSPS) is 12.7. The molecule has 134 valence electrons. The lowest BCUT2D eigenvalue weighted by Gasteiger charge is -2.17. The summed E-state index contributed by atoms with van der Waals surface area (Å²) in [5, 5.41) is 2.73. The Balaban J connectivity index is 2.18. The van der Waals surface area contributed by atoms with E-state index in [2.05, 4.69) is 10.0 Å². The number of nitrogens with one attached hydrogen (secondary N) is 2. The van der Waals surface area contributed by atoms with Crippen molar-refractivity contribution in [3.63, 3.8) is 0 Å². The third kappa shape index (κ3) is 4.67. The number of hydrogen-bond donors (Lipinski definition) is 2. The smallest absolute Gasteiger partial charge is 0.242 e. The van der Waals surface area contributed by atoms with E-state index in [1.165, 1.54) is 6.92 Å². The molecule has 0 heterocycles. The van der Waals surface area contributed by atoms with Crippen molar-refractivity contribution in [2.24, 2.45) is 0 Å². The highest BCUT2D eigenvalue weighted by Gasteiger charge is 2.25. The van der Waals surface area contributed by atoms with Gasteiger partial charge in [0, 0.05) is 5.69 Å². The topological polar surface area (TPSA) is 75.3 Å². The molecular formula is C19H24N2O3S. The van der Waals surface area contributed by atoms with E-state index in [0.717, 1.165) is 11.1 Å². The van der Waals surface area contributed by atoms with E-state index < -0.39 is 22.0 Å². The molecule has 0 saturated carbocycles. The molecule has 0 aliphatic rings. The van der Waals surface area contributed by atoms with E-state index in [1.807, 2.05) is 44.2 Å². The van der Waals surface area contributed by atoms with Crippen LogP contribution >= 0.6 is 0 Å². The number of carbonyl (C=O) groups is 1. The molecule has 0 aromatic heterocycles. The summed E-state index contributed by atoms with van der Waals surface area (Å²) in [6, 6.07) is 10.1. The molecule has 1 amide bonds. The van der Waals surface area contributed by atoms with Gasteiger partial charge in [-0.25, -0.2) is 8.42 Å². The van der Waals surface area contributed by atoms with Crippen LogP contribution < -0.4 is 10.0 Å². The van der Waals surface area contributed by atoms with Gasteiger partial charge in [-0.15, -0.1) is 0 Å². The number of sulfonamides is 1. The standard InChI is InChI=1S/C19H24N2O3S/c1-12-7-6-8-17(11-12)20-19(22)16(5)21-25(23,24)18-14(3)9-13(2)10-15(18)4/h6-11,16,21H,1-5H3,(H,20,22). The maximum atomic E-state index is 12.7. The van der Waals surface area contributed by atoms with Crippen molar-refractivity contribution in [2.45, 2.75) is 45.6 Å². The summed E-state index contributed by atoms with van der Waals surface area (Å²) < 4.78 is 27.9. The van der Waals surface area contributed by atoms with Gasteiger partial charge in [0.1, 0.15) is 0 Å².